The highest BCUT2D eigenvalue weighted by atomic mass is 16.3. The Labute approximate surface area is 151 Å². The third kappa shape index (κ3) is 3.19. The molecule has 5 nitrogen and oxygen atoms in total. The first kappa shape index (κ1) is 16.4. The molecule has 1 aromatic carbocycles. The first-order chi connectivity index (χ1) is 12.6. The number of fused-ring (bicyclic) bond motifs is 1. The molecule has 3 aromatic rings. The van der Waals surface area contributed by atoms with Gasteiger partial charge in [-0.1, -0.05) is 36.1 Å². The van der Waals surface area contributed by atoms with Gasteiger partial charge in [-0.3, -0.25) is 9.78 Å². The van der Waals surface area contributed by atoms with E-state index in [4.69, 9.17) is 4.42 Å². The number of likely N-dealkylation sites (tertiary alicyclic amines) is 1. The second kappa shape index (κ2) is 6.66. The van der Waals surface area contributed by atoms with Crippen molar-refractivity contribution in [2.24, 2.45) is 0 Å². The minimum absolute atomic E-state index is 0.0768. The lowest BCUT2D eigenvalue weighted by atomic mass is 9.91. The number of hydrogen-bond acceptors (Lipinski definition) is 4. The van der Waals surface area contributed by atoms with E-state index in [1.807, 2.05) is 24.3 Å². The van der Waals surface area contributed by atoms with Gasteiger partial charge in [0.2, 0.25) is 0 Å². The predicted molar refractivity (Wildman–Crippen MR) is 97.4 cm³/mol. The summed E-state index contributed by atoms with van der Waals surface area (Å²) >= 11 is 0. The van der Waals surface area contributed by atoms with Gasteiger partial charge in [0, 0.05) is 49.1 Å². The van der Waals surface area contributed by atoms with Gasteiger partial charge >= 0.3 is 0 Å². The Hall–Kier alpha value is -3.10. The van der Waals surface area contributed by atoms with Gasteiger partial charge in [0.15, 0.2) is 0 Å². The number of hydrogen-bond donors (Lipinski definition) is 1. The maximum atomic E-state index is 12.3. The summed E-state index contributed by atoms with van der Waals surface area (Å²) in [5.74, 6) is 6.02. The molecule has 4 rings (SSSR count). The maximum absolute atomic E-state index is 12.3. The molecular formula is C21H18N2O3. The Morgan fingerprint density at radius 2 is 2.00 bits per heavy atom. The largest absolute Gasteiger partial charge is 0.472 e. The lowest BCUT2D eigenvalue weighted by Gasteiger charge is -2.34. The molecule has 5 heteroatoms. The third-order valence-electron chi connectivity index (χ3n) is 4.74. The molecule has 0 spiro atoms. The first-order valence-corrected chi connectivity index (χ1v) is 8.54. The highest BCUT2D eigenvalue weighted by Gasteiger charge is 2.32. The Bertz CT molecular complexity index is 986. The summed E-state index contributed by atoms with van der Waals surface area (Å²) in [6.07, 6.45) is 7.28. The Morgan fingerprint density at radius 1 is 1.19 bits per heavy atom. The molecule has 1 fully saturated rings. The minimum atomic E-state index is -1.09. The summed E-state index contributed by atoms with van der Waals surface area (Å²) in [5.41, 5.74) is 0.237. The van der Waals surface area contributed by atoms with Gasteiger partial charge in [-0.25, -0.2) is 0 Å². The summed E-state index contributed by atoms with van der Waals surface area (Å²) < 4.78 is 4.96. The SMILES string of the molecule is O=C(c1ccoc1)N1CCC(O)(C#Cc2cncc3ccccc23)CC1. The number of carbonyl (C=O) groups is 1. The minimum Gasteiger partial charge on any atom is -0.472 e. The Kier molecular flexibility index (Phi) is 4.19. The maximum Gasteiger partial charge on any atom is 0.257 e. The van der Waals surface area contributed by atoms with Crippen molar-refractivity contribution in [2.45, 2.75) is 18.4 Å². The van der Waals surface area contributed by atoms with Crippen LogP contribution in [0.3, 0.4) is 0 Å². The number of aliphatic hydroxyl groups is 1. The number of rotatable bonds is 1. The number of furan rings is 1. The monoisotopic (exact) mass is 346 g/mol. The van der Waals surface area contributed by atoms with E-state index in [1.54, 1.807) is 23.4 Å². The van der Waals surface area contributed by atoms with Gasteiger partial charge in [-0.2, -0.15) is 0 Å². The summed E-state index contributed by atoms with van der Waals surface area (Å²) in [6.45, 7) is 0.923. The van der Waals surface area contributed by atoms with Crippen LogP contribution < -0.4 is 0 Å². The van der Waals surface area contributed by atoms with Gasteiger partial charge in [0.1, 0.15) is 11.9 Å². The molecule has 0 unspecified atom stereocenters. The van der Waals surface area contributed by atoms with Crippen molar-refractivity contribution in [3.63, 3.8) is 0 Å². The van der Waals surface area contributed by atoms with E-state index in [2.05, 4.69) is 16.8 Å². The van der Waals surface area contributed by atoms with Gasteiger partial charge < -0.3 is 14.4 Å². The van der Waals surface area contributed by atoms with Crippen LogP contribution in [0.1, 0.15) is 28.8 Å². The van der Waals surface area contributed by atoms with Crippen LogP contribution in [0, 0.1) is 11.8 Å². The van der Waals surface area contributed by atoms with E-state index < -0.39 is 5.60 Å². The van der Waals surface area contributed by atoms with E-state index in [0.29, 0.717) is 31.5 Å². The zero-order chi connectivity index (χ0) is 18.0. The molecule has 1 aliphatic heterocycles. The van der Waals surface area contributed by atoms with E-state index in [-0.39, 0.29) is 5.91 Å². The number of aromatic nitrogens is 1. The van der Waals surface area contributed by atoms with Crippen molar-refractivity contribution >= 4 is 16.7 Å². The molecule has 1 N–H and O–H groups in total. The molecule has 0 radical (unpaired) electrons. The second-order valence-corrected chi connectivity index (χ2v) is 6.49. The van der Waals surface area contributed by atoms with Crippen molar-refractivity contribution in [2.75, 3.05) is 13.1 Å². The quantitative estimate of drug-likeness (QED) is 0.688. The van der Waals surface area contributed by atoms with E-state index in [1.165, 1.54) is 12.5 Å². The average Bonchev–Trinajstić information content (AvgIpc) is 3.21. The van der Waals surface area contributed by atoms with Gasteiger partial charge in [-0.05, 0) is 6.07 Å². The third-order valence-corrected chi connectivity index (χ3v) is 4.74. The van der Waals surface area contributed by atoms with Crippen molar-refractivity contribution in [3.8, 4) is 11.8 Å². The van der Waals surface area contributed by atoms with Crippen LogP contribution >= 0.6 is 0 Å². The van der Waals surface area contributed by atoms with Crippen LogP contribution in [-0.2, 0) is 0 Å². The number of pyridine rings is 1. The highest BCUT2D eigenvalue weighted by molar-refractivity contribution is 5.94. The lowest BCUT2D eigenvalue weighted by molar-refractivity contribution is 0.0248. The number of benzene rings is 1. The summed E-state index contributed by atoms with van der Waals surface area (Å²) in [7, 11) is 0. The Morgan fingerprint density at radius 3 is 2.77 bits per heavy atom. The molecule has 2 aromatic heterocycles. The van der Waals surface area contributed by atoms with E-state index >= 15 is 0 Å². The molecule has 0 atom stereocenters. The first-order valence-electron chi connectivity index (χ1n) is 8.54. The van der Waals surface area contributed by atoms with E-state index in [0.717, 1.165) is 16.3 Å². The standard InChI is InChI=1S/C21H18N2O3/c24-20(18-6-12-26-15-18)23-10-8-21(25,9-11-23)7-5-17-14-22-13-16-3-1-2-4-19(16)17/h1-4,6,12-15,25H,8-11H2. The zero-order valence-corrected chi connectivity index (χ0v) is 14.2. The molecule has 1 amide bonds. The second-order valence-electron chi connectivity index (χ2n) is 6.49. The predicted octanol–water partition coefficient (Wildman–Crippen LogP) is 2.85. The molecule has 0 bridgehead atoms. The zero-order valence-electron chi connectivity index (χ0n) is 14.2. The van der Waals surface area contributed by atoms with Crippen LogP contribution in [0.15, 0.2) is 59.7 Å². The van der Waals surface area contributed by atoms with Crippen LogP contribution in [0.5, 0.6) is 0 Å². The average molecular weight is 346 g/mol. The molecule has 3 heterocycles. The normalized spacial score (nSPS) is 16.1. The van der Waals surface area contributed by atoms with Crippen molar-refractivity contribution in [1.29, 1.82) is 0 Å². The fourth-order valence-corrected chi connectivity index (χ4v) is 3.17. The topological polar surface area (TPSA) is 66.6 Å². The molecular weight excluding hydrogens is 328 g/mol. The molecule has 130 valence electrons. The fourth-order valence-electron chi connectivity index (χ4n) is 3.17. The molecule has 0 aliphatic carbocycles. The summed E-state index contributed by atoms with van der Waals surface area (Å²) in [5, 5.41) is 12.8. The summed E-state index contributed by atoms with van der Waals surface area (Å²) in [6, 6.07) is 9.56. The van der Waals surface area contributed by atoms with Crippen molar-refractivity contribution < 1.29 is 14.3 Å². The van der Waals surface area contributed by atoms with Crippen LogP contribution in [-0.4, -0.2) is 39.6 Å². The number of carbonyl (C=O) groups excluding carboxylic acids is 1. The molecule has 0 saturated carbocycles. The van der Waals surface area contributed by atoms with Crippen molar-refractivity contribution in [3.05, 3.63) is 66.4 Å². The fraction of sp³-hybridized carbons (Fsp3) is 0.238. The van der Waals surface area contributed by atoms with Crippen LogP contribution in [0.2, 0.25) is 0 Å². The van der Waals surface area contributed by atoms with Gasteiger partial charge in [0.25, 0.3) is 5.91 Å². The van der Waals surface area contributed by atoms with Crippen molar-refractivity contribution in [1.82, 2.24) is 9.88 Å². The number of piperidine rings is 1. The molecule has 1 aliphatic rings. The van der Waals surface area contributed by atoms with Crippen LogP contribution in [0.25, 0.3) is 10.8 Å². The summed E-state index contributed by atoms with van der Waals surface area (Å²) in [4.78, 5) is 18.3. The number of amides is 1. The highest BCUT2D eigenvalue weighted by Crippen LogP contribution is 2.24. The van der Waals surface area contributed by atoms with Gasteiger partial charge in [0.05, 0.1) is 17.4 Å². The van der Waals surface area contributed by atoms with E-state index in [9.17, 15) is 9.90 Å². The molecule has 1 saturated heterocycles. The Balaban J connectivity index is 1.50. The smallest absolute Gasteiger partial charge is 0.257 e. The van der Waals surface area contributed by atoms with Gasteiger partial charge in [-0.15, -0.1) is 0 Å². The van der Waals surface area contributed by atoms with Crippen LogP contribution in [0.4, 0.5) is 0 Å². The lowest BCUT2D eigenvalue weighted by Crippen LogP contribution is -2.46. The number of nitrogens with zero attached hydrogens (tertiary/aromatic N) is 2. The molecule has 26 heavy (non-hydrogen) atoms.